The number of sulfonamides is 1. The predicted octanol–water partition coefficient (Wildman–Crippen LogP) is 1.66. The molecule has 8 heteroatoms. The Balaban J connectivity index is 2.47. The van der Waals surface area contributed by atoms with Gasteiger partial charge in [0, 0.05) is 6.20 Å². The number of benzene rings is 1. The van der Waals surface area contributed by atoms with Crippen LogP contribution in [0.2, 0.25) is 0 Å². The molecule has 2 rings (SSSR count). The second kappa shape index (κ2) is 5.51. The van der Waals surface area contributed by atoms with Gasteiger partial charge in [0.15, 0.2) is 0 Å². The Bertz CT molecular complexity index is 763. The molecule has 1 aromatic carbocycles. The summed E-state index contributed by atoms with van der Waals surface area (Å²) in [4.78, 5) is 3.48. The summed E-state index contributed by atoms with van der Waals surface area (Å²) >= 11 is 4.76. The minimum atomic E-state index is -4.03. The molecular formula is C12H10FN3O2S2. The number of nitrogens with two attached hydrogens (primary N) is 1. The number of hydrogen-bond donors (Lipinski definition) is 2. The molecule has 0 saturated heterocycles. The summed E-state index contributed by atoms with van der Waals surface area (Å²) in [7, 11) is -4.03. The van der Waals surface area contributed by atoms with E-state index in [1.807, 2.05) is 0 Å². The summed E-state index contributed by atoms with van der Waals surface area (Å²) < 4.78 is 40.1. The number of nitrogens with zero attached hydrogens (tertiary/aromatic N) is 1. The SMILES string of the molecule is NC(=S)c1ncccc1S(=O)(=O)Nc1ccccc1F. The molecule has 0 saturated carbocycles. The van der Waals surface area contributed by atoms with Crippen molar-refractivity contribution >= 4 is 32.9 Å². The van der Waals surface area contributed by atoms with Gasteiger partial charge in [-0.1, -0.05) is 24.4 Å². The van der Waals surface area contributed by atoms with Crippen LogP contribution < -0.4 is 10.5 Å². The van der Waals surface area contributed by atoms with Crippen LogP contribution >= 0.6 is 12.2 Å². The van der Waals surface area contributed by atoms with E-state index >= 15 is 0 Å². The largest absolute Gasteiger partial charge is 0.388 e. The number of para-hydroxylation sites is 1. The summed E-state index contributed by atoms with van der Waals surface area (Å²) in [6, 6.07) is 8.15. The molecule has 1 heterocycles. The van der Waals surface area contributed by atoms with Gasteiger partial charge in [-0.15, -0.1) is 0 Å². The average Bonchev–Trinajstić information content (AvgIpc) is 2.41. The van der Waals surface area contributed by atoms with Crippen LogP contribution in [0, 0.1) is 5.82 Å². The Morgan fingerprint density at radius 3 is 2.60 bits per heavy atom. The maximum atomic E-state index is 13.5. The zero-order valence-corrected chi connectivity index (χ0v) is 11.7. The number of hydrogen-bond acceptors (Lipinski definition) is 4. The molecule has 0 aliphatic carbocycles. The third kappa shape index (κ3) is 2.91. The monoisotopic (exact) mass is 311 g/mol. The first-order chi connectivity index (χ1) is 9.42. The van der Waals surface area contributed by atoms with Crippen molar-refractivity contribution in [3.8, 4) is 0 Å². The van der Waals surface area contributed by atoms with Crippen LogP contribution in [0.1, 0.15) is 5.69 Å². The van der Waals surface area contributed by atoms with E-state index < -0.39 is 15.8 Å². The standard InChI is InChI=1S/C12H10FN3O2S2/c13-8-4-1-2-5-9(8)16-20(17,18)10-6-3-7-15-11(10)12(14)19/h1-7,16H,(H2,14,19). The van der Waals surface area contributed by atoms with Gasteiger partial charge in [0.05, 0.1) is 5.69 Å². The molecule has 0 bridgehead atoms. The summed E-state index contributed by atoms with van der Waals surface area (Å²) in [6.07, 6.45) is 1.37. The molecule has 104 valence electrons. The zero-order chi connectivity index (χ0) is 14.8. The summed E-state index contributed by atoms with van der Waals surface area (Å²) in [5, 5.41) is 0. The van der Waals surface area contributed by atoms with Gasteiger partial charge in [-0.3, -0.25) is 9.71 Å². The van der Waals surface area contributed by atoms with E-state index in [0.29, 0.717) is 0 Å². The van der Waals surface area contributed by atoms with Crippen molar-refractivity contribution in [2.75, 3.05) is 4.72 Å². The molecular weight excluding hydrogens is 301 g/mol. The van der Waals surface area contributed by atoms with Gasteiger partial charge in [0.1, 0.15) is 21.4 Å². The fraction of sp³-hybridized carbons (Fsp3) is 0. The number of aromatic nitrogens is 1. The highest BCUT2D eigenvalue weighted by atomic mass is 32.2. The van der Waals surface area contributed by atoms with Crippen molar-refractivity contribution in [2.24, 2.45) is 5.73 Å². The minimum absolute atomic E-state index is 0.0358. The van der Waals surface area contributed by atoms with Crippen molar-refractivity contribution in [1.29, 1.82) is 0 Å². The van der Waals surface area contributed by atoms with Crippen LogP contribution in [0.15, 0.2) is 47.5 Å². The van der Waals surface area contributed by atoms with Crippen LogP contribution in [0.25, 0.3) is 0 Å². The van der Waals surface area contributed by atoms with Crippen LogP contribution in [0.3, 0.4) is 0 Å². The van der Waals surface area contributed by atoms with Crippen molar-refractivity contribution in [3.63, 3.8) is 0 Å². The van der Waals surface area contributed by atoms with E-state index in [9.17, 15) is 12.8 Å². The zero-order valence-electron chi connectivity index (χ0n) is 10.1. The molecule has 0 amide bonds. The molecule has 0 atom stereocenters. The van der Waals surface area contributed by atoms with Crippen molar-refractivity contribution in [1.82, 2.24) is 4.98 Å². The average molecular weight is 311 g/mol. The topological polar surface area (TPSA) is 85.1 Å². The number of anilines is 1. The van der Waals surface area contributed by atoms with E-state index in [1.165, 1.54) is 36.5 Å². The molecule has 20 heavy (non-hydrogen) atoms. The predicted molar refractivity (Wildman–Crippen MR) is 77.3 cm³/mol. The normalized spacial score (nSPS) is 11.1. The molecule has 0 aliphatic heterocycles. The highest BCUT2D eigenvalue weighted by Crippen LogP contribution is 2.20. The first-order valence-electron chi connectivity index (χ1n) is 5.44. The van der Waals surface area contributed by atoms with Crippen molar-refractivity contribution in [2.45, 2.75) is 4.90 Å². The lowest BCUT2D eigenvalue weighted by Gasteiger charge is -2.11. The van der Waals surface area contributed by atoms with E-state index in [4.69, 9.17) is 18.0 Å². The van der Waals surface area contributed by atoms with Gasteiger partial charge in [-0.2, -0.15) is 0 Å². The second-order valence-corrected chi connectivity index (χ2v) is 5.89. The van der Waals surface area contributed by atoms with Crippen LogP contribution in [-0.2, 0) is 10.0 Å². The van der Waals surface area contributed by atoms with Gasteiger partial charge >= 0.3 is 0 Å². The maximum absolute atomic E-state index is 13.5. The first kappa shape index (κ1) is 14.4. The molecule has 0 radical (unpaired) electrons. The molecule has 5 nitrogen and oxygen atoms in total. The molecule has 2 aromatic rings. The van der Waals surface area contributed by atoms with Crippen molar-refractivity contribution in [3.05, 3.63) is 54.1 Å². The fourth-order valence-electron chi connectivity index (χ4n) is 1.54. The molecule has 0 unspecified atom stereocenters. The summed E-state index contributed by atoms with van der Waals surface area (Å²) in [6.45, 7) is 0. The Morgan fingerprint density at radius 1 is 1.25 bits per heavy atom. The van der Waals surface area contributed by atoms with E-state index in [-0.39, 0.29) is 21.3 Å². The van der Waals surface area contributed by atoms with Gasteiger partial charge in [-0.05, 0) is 24.3 Å². The number of halogens is 1. The molecule has 0 spiro atoms. The van der Waals surface area contributed by atoms with E-state index in [0.717, 1.165) is 6.07 Å². The smallest absolute Gasteiger partial charge is 0.264 e. The van der Waals surface area contributed by atoms with Gasteiger partial charge < -0.3 is 5.73 Å². The molecule has 0 aliphatic rings. The van der Waals surface area contributed by atoms with E-state index in [2.05, 4.69) is 9.71 Å². The van der Waals surface area contributed by atoms with Crippen LogP contribution in [-0.4, -0.2) is 18.4 Å². The fourth-order valence-corrected chi connectivity index (χ4v) is 3.00. The van der Waals surface area contributed by atoms with Crippen molar-refractivity contribution < 1.29 is 12.8 Å². The third-order valence-electron chi connectivity index (χ3n) is 2.41. The van der Waals surface area contributed by atoms with E-state index in [1.54, 1.807) is 0 Å². The number of nitrogens with one attached hydrogen (secondary N) is 1. The minimum Gasteiger partial charge on any atom is -0.388 e. The summed E-state index contributed by atoms with van der Waals surface area (Å²) in [5.41, 5.74) is 5.24. The summed E-state index contributed by atoms with van der Waals surface area (Å²) in [5.74, 6) is -0.683. The number of pyridine rings is 1. The lowest BCUT2D eigenvalue weighted by Crippen LogP contribution is -2.21. The van der Waals surface area contributed by atoms with Gasteiger partial charge in [-0.25, -0.2) is 12.8 Å². The quantitative estimate of drug-likeness (QED) is 0.839. The lowest BCUT2D eigenvalue weighted by molar-refractivity contribution is 0.598. The second-order valence-electron chi connectivity index (χ2n) is 3.80. The third-order valence-corrected chi connectivity index (χ3v) is 4.00. The molecule has 1 aromatic heterocycles. The lowest BCUT2D eigenvalue weighted by atomic mass is 10.3. The highest BCUT2D eigenvalue weighted by Gasteiger charge is 2.21. The van der Waals surface area contributed by atoms with Crippen LogP contribution in [0.4, 0.5) is 10.1 Å². The Hall–Kier alpha value is -2.06. The maximum Gasteiger partial charge on any atom is 0.264 e. The highest BCUT2D eigenvalue weighted by molar-refractivity contribution is 7.93. The molecule has 0 fully saturated rings. The molecule has 3 N–H and O–H groups in total. The van der Waals surface area contributed by atoms with Gasteiger partial charge in [0.2, 0.25) is 0 Å². The Morgan fingerprint density at radius 2 is 1.95 bits per heavy atom. The number of rotatable bonds is 4. The number of thiocarbonyl (C=S) groups is 1. The van der Waals surface area contributed by atoms with Gasteiger partial charge in [0.25, 0.3) is 10.0 Å². The Kier molecular flexibility index (Phi) is 3.96. The Labute approximate surface area is 120 Å². The first-order valence-corrected chi connectivity index (χ1v) is 7.33. The van der Waals surface area contributed by atoms with Crippen LogP contribution in [0.5, 0.6) is 0 Å².